The average molecular weight is 248 g/mol. The molecule has 0 atom stereocenters. The normalized spacial score (nSPS) is 15.8. The van der Waals surface area contributed by atoms with Crippen LogP contribution >= 0.6 is 0 Å². The molecule has 2 rings (SSSR count). The summed E-state index contributed by atoms with van der Waals surface area (Å²) in [6, 6.07) is 0. The zero-order valence-electron chi connectivity index (χ0n) is 11.7. The molecule has 0 amide bonds. The molecule has 4 nitrogen and oxygen atoms in total. The first-order valence-electron chi connectivity index (χ1n) is 6.88. The van der Waals surface area contributed by atoms with Crippen molar-refractivity contribution < 1.29 is 0 Å². The number of nitrogens with zero attached hydrogens (tertiary/aromatic N) is 3. The zero-order valence-corrected chi connectivity index (χ0v) is 11.7. The highest BCUT2D eigenvalue weighted by molar-refractivity contribution is 5.48. The Hall–Kier alpha value is -1.16. The van der Waals surface area contributed by atoms with Gasteiger partial charge in [-0.05, 0) is 18.8 Å². The van der Waals surface area contributed by atoms with Crippen molar-refractivity contribution in [3.05, 3.63) is 17.7 Å². The van der Waals surface area contributed by atoms with E-state index < -0.39 is 0 Å². The van der Waals surface area contributed by atoms with Crippen LogP contribution in [0.5, 0.6) is 0 Å². The van der Waals surface area contributed by atoms with E-state index in [0.717, 1.165) is 29.7 Å². The Bertz CT molecular complexity index is 399. The molecule has 1 saturated carbocycles. The second-order valence-corrected chi connectivity index (χ2v) is 5.60. The molecule has 1 aromatic heterocycles. The molecule has 4 heteroatoms. The molecule has 1 aliphatic rings. The van der Waals surface area contributed by atoms with Gasteiger partial charge in [-0.3, -0.25) is 0 Å². The molecule has 100 valence electrons. The fraction of sp³-hybridized carbons (Fsp3) is 0.714. The van der Waals surface area contributed by atoms with E-state index in [0.29, 0.717) is 12.5 Å². The second kappa shape index (κ2) is 5.65. The van der Waals surface area contributed by atoms with E-state index in [1.165, 1.54) is 19.3 Å². The molecule has 1 aliphatic carbocycles. The van der Waals surface area contributed by atoms with Gasteiger partial charge in [0, 0.05) is 26.1 Å². The van der Waals surface area contributed by atoms with Crippen LogP contribution in [0.25, 0.3) is 0 Å². The van der Waals surface area contributed by atoms with Crippen molar-refractivity contribution >= 4 is 5.69 Å². The third-order valence-electron chi connectivity index (χ3n) is 3.74. The maximum Gasteiger partial charge on any atom is 0.131 e. The quantitative estimate of drug-likeness (QED) is 0.868. The molecule has 0 unspecified atom stereocenters. The molecule has 1 heterocycles. The molecule has 0 spiro atoms. The smallest absolute Gasteiger partial charge is 0.131 e. The Labute approximate surface area is 110 Å². The Morgan fingerprint density at radius 1 is 1.44 bits per heavy atom. The van der Waals surface area contributed by atoms with Gasteiger partial charge in [-0.15, -0.1) is 0 Å². The topological polar surface area (TPSA) is 55.0 Å². The van der Waals surface area contributed by atoms with Crippen molar-refractivity contribution in [2.75, 3.05) is 18.5 Å². The van der Waals surface area contributed by atoms with Crippen LogP contribution < -0.4 is 10.6 Å². The van der Waals surface area contributed by atoms with Crippen molar-refractivity contribution in [3.8, 4) is 0 Å². The van der Waals surface area contributed by atoms with E-state index in [4.69, 9.17) is 5.73 Å². The highest BCUT2D eigenvalue weighted by atomic mass is 15.1. The summed E-state index contributed by atoms with van der Waals surface area (Å²) in [5.74, 6) is 2.07. The summed E-state index contributed by atoms with van der Waals surface area (Å²) in [6.07, 6.45) is 6.02. The van der Waals surface area contributed by atoms with Crippen molar-refractivity contribution in [2.24, 2.45) is 11.7 Å². The summed E-state index contributed by atoms with van der Waals surface area (Å²) < 4.78 is 0. The first-order valence-corrected chi connectivity index (χ1v) is 6.88. The molecule has 18 heavy (non-hydrogen) atoms. The zero-order chi connectivity index (χ0) is 13.1. The summed E-state index contributed by atoms with van der Waals surface area (Å²) in [5.41, 5.74) is 7.88. The molecule has 0 radical (unpaired) electrons. The number of aromatic nitrogens is 2. The van der Waals surface area contributed by atoms with Gasteiger partial charge in [0.25, 0.3) is 0 Å². The fourth-order valence-electron chi connectivity index (χ4n) is 2.33. The van der Waals surface area contributed by atoms with Gasteiger partial charge in [0.05, 0.1) is 17.6 Å². The summed E-state index contributed by atoms with van der Waals surface area (Å²) in [7, 11) is 2.12. The van der Waals surface area contributed by atoms with E-state index in [9.17, 15) is 0 Å². The summed E-state index contributed by atoms with van der Waals surface area (Å²) >= 11 is 0. The largest absolute Gasteiger partial charge is 0.372 e. The molecular formula is C14H24N4. The lowest BCUT2D eigenvalue weighted by atomic mass is 9.85. The lowest BCUT2D eigenvalue weighted by Gasteiger charge is -2.31. The molecule has 0 saturated heterocycles. The lowest BCUT2D eigenvalue weighted by molar-refractivity contribution is 0.321. The van der Waals surface area contributed by atoms with Gasteiger partial charge < -0.3 is 10.6 Å². The average Bonchev–Trinajstić information content (AvgIpc) is 2.32. The number of nitrogens with two attached hydrogens (primary N) is 1. The molecule has 2 N–H and O–H groups in total. The number of rotatable bonds is 5. The SMILES string of the molecule is CC(C)c1ncc(N(C)CC2CCC2)c(CN)n1. The third kappa shape index (κ3) is 2.80. The van der Waals surface area contributed by atoms with Crippen LogP contribution in [0.3, 0.4) is 0 Å². The van der Waals surface area contributed by atoms with Crippen LogP contribution in [-0.4, -0.2) is 23.6 Å². The van der Waals surface area contributed by atoms with E-state index in [-0.39, 0.29) is 0 Å². The number of hydrogen-bond donors (Lipinski definition) is 1. The van der Waals surface area contributed by atoms with Crippen LogP contribution in [0, 0.1) is 5.92 Å². The standard InChI is InChI=1S/C14H24N4/c1-10(2)14-16-8-13(12(7-15)17-14)18(3)9-11-5-4-6-11/h8,10-11H,4-7,9,15H2,1-3H3. The van der Waals surface area contributed by atoms with Crippen LogP contribution in [0.2, 0.25) is 0 Å². The first-order chi connectivity index (χ1) is 8.61. The maximum absolute atomic E-state index is 5.82. The van der Waals surface area contributed by atoms with E-state index in [2.05, 4.69) is 35.8 Å². The highest BCUT2D eigenvalue weighted by Gasteiger charge is 2.21. The Morgan fingerprint density at radius 3 is 2.67 bits per heavy atom. The summed E-state index contributed by atoms with van der Waals surface area (Å²) in [6.45, 7) is 5.78. The molecule has 1 aromatic rings. The van der Waals surface area contributed by atoms with Crippen LogP contribution in [0.1, 0.15) is 50.5 Å². The predicted octanol–water partition coefficient (Wildman–Crippen LogP) is 2.30. The summed E-state index contributed by atoms with van der Waals surface area (Å²) in [5, 5.41) is 0. The predicted molar refractivity (Wildman–Crippen MR) is 74.6 cm³/mol. The van der Waals surface area contributed by atoms with Crippen molar-refractivity contribution in [1.29, 1.82) is 0 Å². The summed E-state index contributed by atoms with van der Waals surface area (Å²) in [4.78, 5) is 11.3. The van der Waals surface area contributed by atoms with Gasteiger partial charge in [0.15, 0.2) is 0 Å². The Kier molecular flexibility index (Phi) is 4.17. The minimum absolute atomic E-state index is 0.348. The van der Waals surface area contributed by atoms with E-state index >= 15 is 0 Å². The van der Waals surface area contributed by atoms with Gasteiger partial charge in [-0.2, -0.15) is 0 Å². The van der Waals surface area contributed by atoms with Gasteiger partial charge in [0.2, 0.25) is 0 Å². The number of hydrogen-bond acceptors (Lipinski definition) is 4. The minimum Gasteiger partial charge on any atom is -0.372 e. The minimum atomic E-state index is 0.348. The lowest BCUT2D eigenvalue weighted by Crippen LogP contribution is -2.30. The molecule has 0 aromatic carbocycles. The van der Waals surface area contributed by atoms with Crippen molar-refractivity contribution in [2.45, 2.75) is 45.6 Å². The molecular weight excluding hydrogens is 224 g/mol. The van der Waals surface area contributed by atoms with Crippen molar-refractivity contribution in [1.82, 2.24) is 9.97 Å². The van der Waals surface area contributed by atoms with Crippen LogP contribution in [0.15, 0.2) is 6.20 Å². The highest BCUT2D eigenvalue weighted by Crippen LogP contribution is 2.29. The maximum atomic E-state index is 5.82. The van der Waals surface area contributed by atoms with Crippen LogP contribution in [-0.2, 0) is 6.54 Å². The van der Waals surface area contributed by atoms with Crippen LogP contribution in [0.4, 0.5) is 5.69 Å². The molecule has 0 bridgehead atoms. The van der Waals surface area contributed by atoms with E-state index in [1.54, 1.807) is 0 Å². The van der Waals surface area contributed by atoms with Gasteiger partial charge in [-0.1, -0.05) is 20.3 Å². The first kappa shape index (κ1) is 13.3. The Morgan fingerprint density at radius 2 is 2.17 bits per heavy atom. The Balaban J connectivity index is 2.15. The monoisotopic (exact) mass is 248 g/mol. The van der Waals surface area contributed by atoms with Gasteiger partial charge >= 0.3 is 0 Å². The molecule has 0 aliphatic heterocycles. The fourth-order valence-corrected chi connectivity index (χ4v) is 2.33. The molecule has 1 fully saturated rings. The second-order valence-electron chi connectivity index (χ2n) is 5.60. The number of anilines is 1. The van der Waals surface area contributed by atoms with Gasteiger partial charge in [0.1, 0.15) is 5.82 Å². The van der Waals surface area contributed by atoms with Crippen molar-refractivity contribution in [3.63, 3.8) is 0 Å². The third-order valence-corrected chi connectivity index (χ3v) is 3.74. The van der Waals surface area contributed by atoms with Gasteiger partial charge in [-0.25, -0.2) is 9.97 Å². The van der Waals surface area contributed by atoms with E-state index in [1.807, 2.05) is 6.20 Å².